The highest BCUT2D eigenvalue weighted by molar-refractivity contribution is 5.95. The summed E-state index contributed by atoms with van der Waals surface area (Å²) in [7, 11) is 0. The van der Waals surface area contributed by atoms with E-state index in [4.69, 9.17) is 0 Å². The molecule has 0 radical (unpaired) electrons. The minimum atomic E-state index is -4.50. The summed E-state index contributed by atoms with van der Waals surface area (Å²) in [6, 6.07) is 1.97. The minimum Gasteiger partial charge on any atom is -0.351 e. The molecule has 1 heterocycles. The van der Waals surface area contributed by atoms with Crippen LogP contribution < -0.4 is 10.6 Å². The third kappa shape index (κ3) is 4.80. The summed E-state index contributed by atoms with van der Waals surface area (Å²) in [5.41, 5.74) is -0.761. The predicted octanol–water partition coefficient (Wildman–Crippen LogP) is 2.14. The second-order valence-corrected chi connectivity index (χ2v) is 4.33. The maximum Gasteiger partial charge on any atom is 0.433 e. The lowest BCUT2D eigenvalue weighted by molar-refractivity contribution is -0.141. The molecule has 2 N–H and O–H groups in total. The Morgan fingerprint density at radius 3 is 2.50 bits per heavy atom. The molecule has 1 aromatic heterocycles. The van der Waals surface area contributed by atoms with Crippen LogP contribution in [0.5, 0.6) is 0 Å². The van der Waals surface area contributed by atoms with Gasteiger partial charge in [-0.2, -0.15) is 13.2 Å². The summed E-state index contributed by atoms with van der Waals surface area (Å²) < 4.78 is 37.4. The Labute approximate surface area is 115 Å². The average molecular weight is 289 g/mol. The van der Waals surface area contributed by atoms with E-state index in [1.165, 1.54) is 6.92 Å². The highest BCUT2D eigenvalue weighted by Crippen LogP contribution is 2.28. The van der Waals surface area contributed by atoms with E-state index < -0.39 is 17.8 Å². The van der Waals surface area contributed by atoms with Crippen molar-refractivity contribution in [1.29, 1.82) is 0 Å². The van der Waals surface area contributed by atoms with E-state index >= 15 is 0 Å². The first-order valence-corrected chi connectivity index (χ1v) is 6.40. The van der Waals surface area contributed by atoms with Gasteiger partial charge < -0.3 is 10.6 Å². The Hall–Kier alpha value is -1.63. The molecule has 0 saturated carbocycles. The van der Waals surface area contributed by atoms with Gasteiger partial charge in [0.15, 0.2) is 0 Å². The maximum atomic E-state index is 12.5. The topological polar surface area (TPSA) is 54.0 Å². The molecular weight excluding hydrogens is 271 g/mol. The summed E-state index contributed by atoms with van der Waals surface area (Å²) in [4.78, 5) is 15.2. The van der Waals surface area contributed by atoms with Gasteiger partial charge in [0, 0.05) is 13.1 Å². The number of carbonyl (C=O) groups excluding carboxylic acids is 1. The third-order valence-electron chi connectivity index (χ3n) is 2.63. The third-order valence-corrected chi connectivity index (χ3v) is 2.63. The molecule has 0 fully saturated rings. The Kier molecular flexibility index (Phi) is 5.94. The molecule has 0 aliphatic heterocycles. The van der Waals surface area contributed by atoms with Crippen molar-refractivity contribution in [3.63, 3.8) is 0 Å². The van der Waals surface area contributed by atoms with Crippen LogP contribution in [-0.4, -0.2) is 30.5 Å². The lowest BCUT2D eigenvalue weighted by Crippen LogP contribution is -2.32. The molecule has 0 aromatic carbocycles. The van der Waals surface area contributed by atoms with Crippen molar-refractivity contribution in [3.8, 4) is 0 Å². The smallest absolute Gasteiger partial charge is 0.351 e. The van der Waals surface area contributed by atoms with Crippen LogP contribution >= 0.6 is 0 Å². The number of pyridine rings is 1. The van der Waals surface area contributed by atoms with Crippen molar-refractivity contribution in [3.05, 3.63) is 29.1 Å². The maximum absolute atomic E-state index is 12.5. The van der Waals surface area contributed by atoms with E-state index in [0.717, 1.165) is 25.1 Å². The molecule has 0 bridgehead atoms. The lowest BCUT2D eigenvalue weighted by Gasteiger charge is -2.10. The number of halogens is 3. The molecule has 20 heavy (non-hydrogen) atoms. The molecule has 0 saturated heterocycles. The highest BCUT2D eigenvalue weighted by atomic mass is 19.4. The minimum absolute atomic E-state index is 0.0684. The van der Waals surface area contributed by atoms with Gasteiger partial charge in [-0.25, -0.2) is 4.98 Å². The van der Waals surface area contributed by atoms with Gasteiger partial charge in [-0.05, 0) is 32.0 Å². The van der Waals surface area contributed by atoms with E-state index in [-0.39, 0.29) is 11.3 Å². The Balaban J connectivity index is 2.61. The van der Waals surface area contributed by atoms with Crippen LogP contribution in [-0.2, 0) is 6.18 Å². The normalized spacial score (nSPS) is 11.4. The molecule has 1 aromatic rings. The molecule has 1 amide bonds. The van der Waals surface area contributed by atoms with Gasteiger partial charge in [0.25, 0.3) is 5.91 Å². The Morgan fingerprint density at radius 2 is 1.95 bits per heavy atom. The number of amides is 1. The average Bonchev–Trinajstić information content (AvgIpc) is 2.37. The number of hydrogen-bond donors (Lipinski definition) is 2. The first-order chi connectivity index (χ1) is 9.36. The number of alkyl halides is 3. The first-order valence-electron chi connectivity index (χ1n) is 6.40. The van der Waals surface area contributed by atoms with Crippen molar-refractivity contribution >= 4 is 5.91 Å². The number of hydrogen-bond acceptors (Lipinski definition) is 3. The molecule has 0 unspecified atom stereocenters. The standard InChI is InChI=1S/C13H18F3N3O/c1-3-6-17-7-8-18-12(20)10-4-5-11(13(14,15)16)19-9(10)2/h4-5,17H,3,6-8H2,1-2H3,(H,18,20). The van der Waals surface area contributed by atoms with Crippen molar-refractivity contribution in [2.75, 3.05) is 19.6 Å². The van der Waals surface area contributed by atoms with Gasteiger partial charge in [0.05, 0.1) is 11.3 Å². The number of nitrogens with one attached hydrogen (secondary N) is 2. The number of rotatable bonds is 6. The molecule has 0 atom stereocenters. The number of nitrogens with zero attached hydrogens (tertiary/aromatic N) is 1. The van der Waals surface area contributed by atoms with Gasteiger partial charge in [-0.1, -0.05) is 6.92 Å². The van der Waals surface area contributed by atoms with Crippen LogP contribution in [0.4, 0.5) is 13.2 Å². The molecular formula is C13H18F3N3O. The summed E-state index contributed by atoms with van der Waals surface area (Å²) >= 11 is 0. The van der Waals surface area contributed by atoms with Gasteiger partial charge in [0.1, 0.15) is 5.69 Å². The zero-order valence-corrected chi connectivity index (χ0v) is 11.5. The van der Waals surface area contributed by atoms with Gasteiger partial charge in [0.2, 0.25) is 0 Å². The van der Waals surface area contributed by atoms with E-state index in [1.807, 2.05) is 6.92 Å². The summed E-state index contributed by atoms with van der Waals surface area (Å²) in [5, 5.41) is 5.74. The molecule has 0 aliphatic rings. The molecule has 7 heteroatoms. The van der Waals surface area contributed by atoms with E-state index in [9.17, 15) is 18.0 Å². The lowest BCUT2D eigenvalue weighted by atomic mass is 10.1. The quantitative estimate of drug-likeness (QED) is 0.789. The summed E-state index contributed by atoms with van der Waals surface area (Å²) in [6.45, 7) is 5.31. The Morgan fingerprint density at radius 1 is 1.25 bits per heavy atom. The number of aryl methyl sites for hydroxylation is 1. The number of carbonyl (C=O) groups is 1. The van der Waals surface area contributed by atoms with E-state index in [0.29, 0.717) is 13.1 Å². The Bertz CT molecular complexity index is 461. The van der Waals surface area contributed by atoms with Crippen molar-refractivity contribution in [2.45, 2.75) is 26.4 Å². The van der Waals surface area contributed by atoms with Crippen molar-refractivity contribution < 1.29 is 18.0 Å². The molecule has 0 aliphatic carbocycles. The molecule has 1 rings (SSSR count). The zero-order valence-electron chi connectivity index (χ0n) is 11.5. The highest BCUT2D eigenvalue weighted by Gasteiger charge is 2.32. The van der Waals surface area contributed by atoms with Crippen LogP contribution in [0.25, 0.3) is 0 Å². The fourth-order valence-electron chi connectivity index (χ4n) is 1.62. The fourth-order valence-corrected chi connectivity index (χ4v) is 1.62. The largest absolute Gasteiger partial charge is 0.433 e. The molecule has 112 valence electrons. The predicted molar refractivity (Wildman–Crippen MR) is 69.5 cm³/mol. The van der Waals surface area contributed by atoms with E-state index in [2.05, 4.69) is 15.6 Å². The van der Waals surface area contributed by atoms with E-state index in [1.54, 1.807) is 0 Å². The second kappa shape index (κ2) is 7.23. The molecule has 4 nitrogen and oxygen atoms in total. The van der Waals surface area contributed by atoms with Crippen LogP contribution in [0.2, 0.25) is 0 Å². The SMILES string of the molecule is CCCNCCNC(=O)c1ccc(C(F)(F)F)nc1C. The van der Waals surface area contributed by atoms with Crippen LogP contribution in [0.15, 0.2) is 12.1 Å². The van der Waals surface area contributed by atoms with Gasteiger partial charge in [-0.3, -0.25) is 4.79 Å². The van der Waals surface area contributed by atoms with Gasteiger partial charge >= 0.3 is 6.18 Å². The summed E-state index contributed by atoms with van der Waals surface area (Å²) in [5.74, 6) is -0.415. The van der Waals surface area contributed by atoms with Crippen LogP contribution in [0, 0.1) is 6.92 Å². The monoisotopic (exact) mass is 289 g/mol. The fraction of sp³-hybridized carbons (Fsp3) is 0.538. The zero-order chi connectivity index (χ0) is 15.2. The molecule has 0 spiro atoms. The number of aromatic nitrogens is 1. The second-order valence-electron chi connectivity index (χ2n) is 4.33. The van der Waals surface area contributed by atoms with Crippen LogP contribution in [0.3, 0.4) is 0 Å². The van der Waals surface area contributed by atoms with Crippen LogP contribution in [0.1, 0.15) is 35.1 Å². The van der Waals surface area contributed by atoms with Crippen molar-refractivity contribution in [1.82, 2.24) is 15.6 Å². The van der Waals surface area contributed by atoms with Gasteiger partial charge in [-0.15, -0.1) is 0 Å². The summed E-state index contributed by atoms with van der Waals surface area (Å²) in [6.07, 6.45) is -3.50. The first kappa shape index (κ1) is 16.4. The van der Waals surface area contributed by atoms with Crippen molar-refractivity contribution in [2.24, 2.45) is 0 Å².